The molecule has 0 heterocycles. The quantitative estimate of drug-likeness (QED) is 0.593. The highest BCUT2D eigenvalue weighted by atomic mass is 16.7. The molecule has 0 radical (unpaired) electrons. The fourth-order valence-corrected chi connectivity index (χ4v) is 0.960. The Morgan fingerprint density at radius 1 is 1.36 bits per heavy atom. The third-order valence-corrected chi connectivity index (χ3v) is 1.51. The van der Waals surface area contributed by atoms with E-state index in [1.54, 1.807) is 24.3 Å². The molecule has 0 fully saturated rings. The number of carboxylic acid groups (broad SMARTS) is 1. The minimum Gasteiger partial charge on any atom is -0.490 e. The Bertz CT molecular complexity index is 309. The molecule has 0 aliphatic heterocycles. The lowest BCUT2D eigenvalue weighted by molar-refractivity contribution is 0.142. The lowest BCUT2D eigenvalue weighted by atomic mass is 10.3. The molecule has 0 aliphatic carbocycles. The summed E-state index contributed by atoms with van der Waals surface area (Å²) in [4.78, 5) is 10.3. The predicted molar refractivity (Wildman–Crippen MR) is 50.9 cm³/mol. The lowest BCUT2D eigenvalue weighted by Crippen LogP contribution is -2.05. The van der Waals surface area contributed by atoms with Crippen molar-refractivity contribution in [1.29, 1.82) is 0 Å². The Hall–Kier alpha value is -1.71. The van der Waals surface area contributed by atoms with E-state index < -0.39 is 6.16 Å². The van der Waals surface area contributed by atoms with Crippen LogP contribution >= 0.6 is 0 Å². The fraction of sp³-hybridized carbons (Fsp3) is 0.300. The summed E-state index contributed by atoms with van der Waals surface area (Å²) in [5.74, 6) is 0.685. The summed E-state index contributed by atoms with van der Waals surface area (Å²) in [6.45, 7) is 2.51. The molecular weight excluding hydrogens is 184 g/mol. The predicted octanol–water partition coefficient (Wildman–Crippen LogP) is 2.53. The summed E-state index contributed by atoms with van der Waals surface area (Å²) in [6.07, 6.45) is -0.473. The van der Waals surface area contributed by atoms with Gasteiger partial charge in [-0.15, -0.1) is 0 Å². The van der Waals surface area contributed by atoms with Gasteiger partial charge in [-0.3, -0.25) is 0 Å². The van der Waals surface area contributed by atoms with Gasteiger partial charge in [0.05, 0.1) is 6.61 Å². The molecule has 1 rings (SSSR count). The van der Waals surface area contributed by atoms with Crippen molar-refractivity contribution in [1.82, 2.24) is 0 Å². The van der Waals surface area contributed by atoms with Crippen molar-refractivity contribution < 1.29 is 19.4 Å². The zero-order valence-electron chi connectivity index (χ0n) is 7.90. The van der Waals surface area contributed by atoms with E-state index in [9.17, 15) is 4.79 Å². The number of para-hydroxylation sites is 2. The van der Waals surface area contributed by atoms with Gasteiger partial charge in [-0.05, 0) is 18.6 Å². The summed E-state index contributed by atoms with van der Waals surface area (Å²) >= 11 is 0. The van der Waals surface area contributed by atoms with Crippen LogP contribution in [-0.4, -0.2) is 17.9 Å². The summed E-state index contributed by atoms with van der Waals surface area (Å²) in [5, 5.41) is 8.44. The van der Waals surface area contributed by atoms with Crippen molar-refractivity contribution in [2.24, 2.45) is 0 Å². The fourth-order valence-electron chi connectivity index (χ4n) is 0.960. The van der Waals surface area contributed by atoms with Gasteiger partial charge in [-0.25, -0.2) is 4.79 Å². The molecule has 0 aliphatic rings. The van der Waals surface area contributed by atoms with Gasteiger partial charge in [0.1, 0.15) is 0 Å². The number of carbonyl (C=O) groups is 1. The average Bonchev–Trinajstić information content (AvgIpc) is 2.16. The first-order chi connectivity index (χ1) is 6.74. The van der Waals surface area contributed by atoms with Gasteiger partial charge in [0.2, 0.25) is 0 Å². The molecule has 0 spiro atoms. The number of ether oxygens (including phenoxy) is 2. The summed E-state index contributed by atoms with van der Waals surface area (Å²) in [7, 11) is 0. The number of benzene rings is 1. The Balaban J connectivity index is 2.74. The Morgan fingerprint density at radius 2 is 2.00 bits per heavy atom. The average molecular weight is 196 g/mol. The monoisotopic (exact) mass is 196 g/mol. The molecular formula is C10H12O4. The van der Waals surface area contributed by atoms with E-state index in [0.29, 0.717) is 12.4 Å². The van der Waals surface area contributed by atoms with Crippen LogP contribution in [0.2, 0.25) is 0 Å². The molecule has 0 unspecified atom stereocenters. The zero-order valence-corrected chi connectivity index (χ0v) is 7.90. The Kier molecular flexibility index (Phi) is 3.79. The second kappa shape index (κ2) is 5.11. The first-order valence-corrected chi connectivity index (χ1v) is 4.36. The summed E-state index contributed by atoms with van der Waals surface area (Å²) in [6, 6.07) is 6.68. The van der Waals surface area contributed by atoms with E-state index in [4.69, 9.17) is 9.84 Å². The lowest BCUT2D eigenvalue weighted by Gasteiger charge is -2.08. The van der Waals surface area contributed by atoms with Gasteiger partial charge in [0.25, 0.3) is 0 Å². The van der Waals surface area contributed by atoms with Gasteiger partial charge in [-0.2, -0.15) is 0 Å². The largest absolute Gasteiger partial charge is 0.511 e. The molecule has 0 saturated heterocycles. The standard InChI is InChI=1S/C10H12O4/c1-2-7-13-8-5-3-4-6-9(8)14-10(11)12/h3-6H,2,7H2,1H3,(H,11,12). The molecule has 0 amide bonds. The van der Waals surface area contributed by atoms with E-state index >= 15 is 0 Å². The second-order valence-corrected chi connectivity index (χ2v) is 2.66. The van der Waals surface area contributed by atoms with Gasteiger partial charge in [0, 0.05) is 0 Å². The number of hydrogen-bond donors (Lipinski definition) is 1. The topological polar surface area (TPSA) is 55.8 Å². The molecule has 0 atom stereocenters. The van der Waals surface area contributed by atoms with E-state index in [-0.39, 0.29) is 5.75 Å². The van der Waals surface area contributed by atoms with Crippen LogP contribution in [0.25, 0.3) is 0 Å². The summed E-state index contributed by atoms with van der Waals surface area (Å²) < 4.78 is 9.83. The third kappa shape index (κ3) is 2.97. The van der Waals surface area contributed by atoms with Crippen LogP contribution < -0.4 is 9.47 Å². The number of rotatable bonds is 4. The molecule has 14 heavy (non-hydrogen) atoms. The van der Waals surface area contributed by atoms with E-state index in [1.165, 1.54) is 0 Å². The van der Waals surface area contributed by atoms with Crippen LogP contribution in [0.5, 0.6) is 11.5 Å². The highest BCUT2D eigenvalue weighted by Gasteiger charge is 2.07. The molecule has 1 aromatic rings. The smallest absolute Gasteiger partial charge is 0.490 e. The highest BCUT2D eigenvalue weighted by Crippen LogP contribution is 2.26. The number of hydrogen-bond acceptors (Lipinski definition) is 3. The Labute approximate surface area is 82.1 Å². The van der Waals surface area contributed by atoms with Crippen LogP contribution in [0.15, 0.2) is 24.3 Å². The van der Waals surface area contributed by atoms with Crippen molar-refractivity contribution in [2.75, 3.05) is 6.61 Å². The van der Waals surface area contributed by atoms with Crippen molar-refractivity contribution in [3.8, 4) is 11.5 Å². The van der Waals surface area contributed by atoms with E-state index in [1.807, 2.05) is 6.92 Å². The van der Waals surface area contributed by atoms with Crippen LogP contribution in [-0.2, 0) is 0 Å². The van der Waals surface area contributed by atoms with E-state index in [2.05, 4.69) is 4.74 Å². The first kappa shape index (κ1) is 10.4. The molecule has 0 aromatic heterocycles. The van der Waals surface area contributed by atoms with Crippen LogP contribution in [0, 0.1) is 0 Å². The van der Waals surface area contributed by atoms with Crippen molar-refractivity contribution >= 4 is 6.16 Å². The first-order valence-electron chi connectivity index (χ1n) is 4.36. The molecule has 1 N–H and O–H groups in total. The highest BCUT2D eigenvalue weighted by molar-refractivity contribution is 5.62. The second-order valence-electron chi connectivity index (χ2n) is 2.66. The maximum absolute atomic E-state index is 10.3. The van der Waals surface area contributed by atoms with Crippen molar-refractivity contribution in [3.05, 3.63) is 24.3 Å². The van der Waals surface area contributed by atoms with Crippen molar-refractivity contribution in [3.63, 3.8) is 0 Å². The van der Waals surface area contributed by atoms with Gasteiger partial charge in [0.15, 0.2) is 11.5 Å². The molecule has 4 nitrogen and oxygen atoms in total. The van der Waals surface area contributed by atoms with Crippen molar-refractivity contribution in [2.45, 2.75) is 13.3 Å². The minimum absolute atomic E-state index is 0.230. The summed E-state index contributed by atoms with van der Waals surface area (Å²) in [5.41, 5.74) is 0. The molecule has 1 aromatic carbocycles. The molecule has 0 saturated carbocycles. The molecule has 0 bridgehead atoms. The Morgan fingerprint density at radius 3 is 2.57 bits per heavy atom. The maximum atomic E-state index is 10.3. The SMILES string of the molecule is CCCOc1ccccc1OC(=O)O. The zero-order chi connectivity index (χ0) is 10.4. The van der Waals surface area contributed by atoms with Gasteiger partial charge in [-0.1, -0.05) is 19.1 Å². The molecule has 4 heteroatoms. The van der Waals surface area contributed by atoms with Crippen LogP contribution in [0.4, 0.5) is 4.79 Å². The van der Waals surface area contributed by atoms with Gasteiger partial charge < -0.3 is 14.6 Å². The van der Waals surface area contributed by atoms with Crippen LogP contribution in [0.1, 0.15) is 13.3 Å². The van der Waals surface area contributed by atoms with E-state index in [0.717, 1.165) is 6.42 Å². The van der Waals surface area contributed by atoms with Gasteiger partial charge >= 0.3 is 6.16 Å². The molecule has 76 valence electrons. The normalized spacial score (nSPS) is 9.50. The third-order valence-electron chi connectivity index (χ3n) is 1.51. The minimum atomic E-state index is -1.34. The maximum Gasteiger partial charge on any atom is 0.511 e. The van der Waals surface area contributed by atoms with Crippen LogP contribution in [0.3, 0.4) is 0 Å².